The van der Waals surface area contributed by atoms with E-state index in [0.29, 0.717) is 10.2 Å². The van der Waals surface area contributed by atoms with Gasteiger partial charge in [0.2, 0.25) is 0 Å². The Morgan fingerprint density at radius 3 is 3.06 bits per heavy atom. The first-order valence-electron chi connectivity index (χ1n) is 5.25. The normalized spacial score (nSPS) is 28.5. The summed E-state index contributed by atoms with van der Waals surface area (Å²) in [6, 6.07) is 0. The number of H-pyrrole nitrogens is 1. The summed E-state index contributed by atoms with van der Waals surface area (Å²) >= 11 is 4.92. The third-order valence-electron chi connectivity index (χ3n) is 2.80. The molecule has 2 rings (SSSR count). The number of nitrogens with one attached hydrogen (secondary N) is 1. The summed E-state index contributed by atoms with van der Waals surface area (Å²) in [5.74, 6) is 0. The quantitative estimate of drug-likeness (QED) is 0.773. The van der Waals surface area contributed by atoms with Crippen molar-refractivity contribution < 1.29 is 14.2 Å². The highest BCUT2D eigenvalue weighted by atomic mass is 32.1. The number of halogens is 1. The van der Waals surface area contributed by atoms with Crippen molar-refractivity contribution in [1.82, 2.24) is 9.55 Å². The fraction of sp³-hybridized carbons (Fsp3) is 0.600. The van der Waals surface area contributed by atoms with E-state index in [9.17, 15) is 9.18 Å². The van der Waals surface area contributed by atoms with E-state index in [-0.39, 0.29) is 6.42 Å². The molecule has 1 aromatic rings. The molecule has 0 aromatic carbocycles. The molecule has 1 aromatic heterocycles. The molecule has 0 radical (unpaired) electrons. The van der Waals surface area contributed by atoms with Gasteiger partial charge in [-0.2, -0.15) is 0 Å². The smallest absolute Gasteiger partial charge is 0.328 e. The van der Waals surface area contributed by atoms with E-state index in [1.54, 1.807) is 6.92 Å². The zero-order valence-corrected chi connectivity index (χ0v) is 10.0. The number of nitrogens with zero attached hydrogens (tertiary/aromatic N) is 1. The monoisotopic (exact) mass is 260 g/mol. The van der Waals surface area contributed by atoms with Crippen molar-refractivity contribution >= 4 is 12.2 Å². The highest BCUT2D eigenvalue weighted by Crippen LogP contribution is 2.29. The number of hydrogen-bond acceptors (Lipinski definition) is 4. The lowest BCUT2D eigenvalue weighted by Gasteiger charge is -2.14. The lowest BCUT2D eigenvalue weighted by Crippen LogP contribution is -2.28. The van der Waals surface area contributed by atoms with Crippen molar-refractivity contribution in [1.29, 1.82) is 0 Å². The van der Waals surface area contributed by atoms with Crippen molar-refractivity contribution in [3.05, 3.63) is 26.9 Å². The molecule has 0 aliphatic carbocycles. The van der Waals surface area contributed by atoms with Crippen LogP contribution in [-0.2, 0) is 4.74 Å². The van der Waals surface area contributed by atoms with Crippen molar-refractivity contribution in [2.75, 3.05) is 6.61 Å². The third-order valence-corrected chi connectivity index (χ3v) is 3.22. The number of ether oxygens (including phenoxy) is 1. The lowest BCUT2D eigenvalue weighted by molar-refractivity contribution is -0.0356. The van der Waals surface area contributed by atoms with Gasteiger partial charge in [-0.05, 0) is 6.92 Å². The molecule has 2 N–H and O–H groups in total. The predicted molar refractivity (Wildman–Crippen MR) is 61.1 cm³/mol. The van der Waals surface area contributed by atoms with Gasteiger partial charge in [0, 0.05) is 18.2 Å². The van der Waals surface area contributed by atoms with Gasteiger partial charge in [-0.3, -0.25) is 9.55 Å². The van der Waals surface area contributed by atoms with Gasteiger partial charge in [-0.25, -0.2) is 9.18 Å². The summed E-state index contributed by atoms with van der Waals surface area (Å²) in [6.07, 6.45) is -1.23. The van der Waals surface area contributed by atoms with E-state index in [1.165, 1.54) is 10.8 Å². The molecule has 5 nitrogen and oxygen atoms in total. The summed E-state index contributed by atoms with van der Waals surface area (Å²) < 4.78 is 20.3. The first-order chi connectivity index (χ1) is 8.02. The van der Waals surface area contributed by atoms with Crippen LogP contribution in [0, 0.1) is 11.6 Å². The average molecular weight is 260 g/mol. The maximum Gasteiger partial charge on any atom is 0.328 e. The molecule has 94 valence electrons. The van der Waals surface area contributed by atoms with Crippen LogP contribution in [0.5, 0.6) is 0 Å². The maximum absolute atomic E-state index is 13.4. The van der Waals surface area contributed by atoms with E-state index in [0.717, 1.165) is 0 Å². The Hall–Kier alpha value is -1.05. The summed E-state index contributed by atoms with van der Waals surface area (Å²) in [5, 5.41) is 8.89. The summed E-state index contributed by atoms with van der Waals surface area (Å²) in [6.45, 7) is 1.36. The summed E-state index contributed by atoms with van der Waals surface area (Å²) in [5.41, 5.74) is 0.280. The molecule has 1 saturated heterocycles. The number of aliphatic hydroxyl groups excluding tert-OH is 1. The molecule has 0 amide bonds. The highest BCUT2D eigenvalue weighted by Gasteiger charge is 2.36. The van der Waals surface area contributed by atoms with Gasteiger partial charge in [-0.15, -0.1) is 0 Å². The first kappa shape index (κ1) is 12.4. The van der Waals surface area contributed by atoms with Crippen molar-refractivity contribution in [2.24, 2.45) is 0 Å². The second-order valence-electron chi connectivity index (χ2n) is 4.04. The zero-order chi connectivity index (χ0) is 12.6. The van der Waals surface area contributed by atoms with Gasteiger partial charge in [-0.1, -0.05) is 12.2 Å². The van der Waals surface area contributed by atoms with Gasteiger partial charge in [0.15, 0.2) is 0 Å². The van der Waals surface area contributed by atoms with E-state index < -0.39 is 30.8 Å². The molecule has 2 heterocycles. The molecule has 0 bridgehead atoms. The van der Waals surface area contributed by atoms with Crippen LogP contribution in [-0.4, -0.2) is 33.5 Å². The van der Waals surface area contributed by atoms with Gasteiger partial charge in [0.25, 0.3) is 0 Å². The Kier molecular flexibility index (Phi) is 3.41. The molecule has 17 heavy (non-hydrogen) atoms. The molecule has 3 atom stereocenters. The molecule has 1 aliphatic rings. The Labute approximate surface area is 102 Å². The van der Waals surface area contributed by atoms with Crippen molar-refractivity contribution in [2.45, 2.75) is 31.8 Å². The van der Waals surface area contributed by atoms with Crippen LogP contribution in [0.1, 0.15) is 18.2 Å². The summed E-state index contributed by atoms with van der Waals surface area (Å²) in [4.78, 5) is 14.1. The predicted octanol–water partition coefficient (Wildman–Crippen LogP) is 0.832. The number of aromatic amines is 1. The van der Waals surface area contributed by atoms with Crippen LogP contribution in [0.3, 0.4) is 0 Å². The van der Waals surface area contributed by atoms with Gasteiger partial charge in [0.1, 0.15) is 23.1 Å². The van der Waals surface area contributed by atoms with E-state index in [1.807, 2.05) is 0 Å². The van der Waals surface area contributed by atoms with Crippen molar-refractivity contribution in [3.8, 4) is 0 Å². The molecule has 1 aliphatic heterocycles. The van der Waals surface area contributed by atoms with Gasteiger partial charge >= 0.3 is 5.69 Å². The number of hydrogen-bond donors (Lipinski definition) is 2. The zero-order valence-electron chi connectivity index (χ0n) is 9.22. The van der Waals surface area contributed by atoms with E-state index in [2.05, 4.69) is 4.98 Å². The number of rotatable bonds is 2. The molecule has 7 heteroatoms. The minimum absolute atomic E-state index is 0.0508. The SMILES string of the molecule is Cc1cn([C@@H]2C[C@H](F)[C@@H](CO)O2)c(=O)[nH]c1=S. The van der Waals surface area contributed by atoms with Crippen molar-refractivity contribution in [3.63, 3.8) is 0 Å². The van der Waals surface area contributed by atoms with Gasteiger partial charge in [0.05, 0.1) is 6.61 Å². The minimum Gasteiger partial charge on any atom is -0.394 e. The molecule has 0 unspecified atom stereocenters. The molecular formula is C10H13FN2O3S. The average Bonchev–Trinajstić information content (AvgIpc) is 2.65. The Bertz CT molecular complexity index is 527. The first-order valence-corrected chi connectivity index (χ1v) is 5.66. The van der Waals surface area contributed by atoms with E-state index >= 15 is 0 Å². The number of aromatic nitrogens is 2. The molecule has 0 saturated carbocycles. The second-order valence-corrected chi connectivity index (χ2v) is 4.45. The highest BCUT2D eigenvalue weighted by molar-refractivity contribution is 7.71. The van der Waals surface area contributed by atoms with Crippen LogP contribution < -0.4 is 5.69 Å². The summed E-state index contributed by atoms with van der Waals surface area (Å²) in [7, 11) is 0. The number of aliphatic hydroxyl groups is 1. The van der Waals surface area contributed by atoms with Crippen LogP contribution in [0.2, 0.25) is 0 Å². The van der Waals surface area contributed by atoms with Crippen LogP contribution >= 0.6 is 12.2 Å². The van der Waals surface area contributed by atoms with E-state index in [4.69, 9.17) is 22.1 Å². The lowest BCUT2D eigenvalue weighted by atomic mass is 10.2. The topological polar surface area (TPSA) is 67.2 Å². The van der Waals surface area contributed by atoms with Gasteiger partial charge < -0.3 is 9.84 Å². The number of alkyl halides is 1. The van der Waals surface area contributed by atoms with Crippen LogP contribution in [0.15, 0.2) is 11.0 Å². The minimum atomic E-state index is -1.26. The maximum atomic E-state index is 13.4. The Morgan fingerprint density at radius 2 is 2.47 bits per heavy atom. The number of aryl methyl sites for hydroxylation is 1. The Balaban J connectivity index is 2.34. The molecular weight excluding hydrogens is 247 g/mol. The Morgan fingerprint density at radius 1 is 1.76 bits per heavy atom. The third kappa shape index (κ3) is 2.31. The molecule has 1 fully saturated rings. The second kappa shape index (κ2) is 4.67. The molecule has 0 spiro atoms. The van der Waals surface area contributed by atoms with Crippen LogP contribution in [0.4, 0.5) is 4.39 Å². The largest absolute Gasteiger partial charge is 0.394 e. The standard InChI is InChI=1S/C10H13FN2O3S/c1-5-3-13(10(15)12-9(5)17)8-2-6(11)7(4-14)16-8/h3,6-8,14H,2,4H2,1H3,(H,12,15,17)/t6-,7+,8-/m0/s1. The van der Waals surface area contributed by atoms with Crippen LogP contribution in [0.25, 0.3) is 0 Å². The fourth-order valence-electron chi connectivity index (χ4n) is 1.82. The fourth-order valence-corrected chi connectivity index (χ4v) is 1.96.